The van der Waals surface area contributed by atoms with Gasteiger partial charge in [-0.25, -0.2) is 0 Å². The molecule has 1 unspecified atom stereocenters. The molecule has 6 heteroatoms. The zero-order valence-corrected chi connectivity index (χ0v) is 38.4. The number of ether oxygens (including phenoxy) is 3. The van der Waals surface area contributed by atoms with Gasteiger partial charge in [0.25, 0.3) is 0 Å². The maximum absolute atomic E-state index is 12.8. The highest BCUT2D eigenvalue weighted by molar-refractivity contribution is 5.71. The van der Waals surface area contributed by atoms with Crippen LogP contribution in [0.3, 0.4) is 0 Å². The summed E-state index contributed by atoms with van der Waals surface area (Å²) in [6.45, 7) is 6.64. The van der Waals surface area contributed by atoms with Crippen LogP contribution >= 0.6 is 0 Å². The van der Waals surface area contributed by atoms with Crippen molar-refractivity contribution in [2.24, 2.45) is 0 Å². The van der Waals surface area contributed by atoms with Crippen molar-refractivity contribution >= 4 is 17.9 Å². The normalized spacial score (nSPS) is 12.0. The smallest absolute Gasteiger partial charge is 0.306 e. The van der Waals surface area contributed by atoms with E-state index in [4.69, 9.17) is 14.2 Å². The molecule has 0 heterocycles. The van der Waals surface area contributed by atoms with E-state index in [1.165, 1.54) is 173 Å². The predicted octanol–water partition coefficient (Wildman–Crippen LogP) is 16.2. The first-order valence-electron chi connectivity index (χ1n) is 25.2. The van der Waals surface area contributed by atoms with Gasteiger partial charge in [-0.1, -0.05) is 226 Å². The van der Waals surface area contributed by atoms with Crippen LogP contribution in [0.4, 0.5) is 0 Å². The number of esters is 3. The molecule has 0 saturated carbocycles. The third-order valence-corrected chi connectivity index (χ3v) is 11.3. The van der Waals surface area contributed by atoms with Crippen LogP contribution in [-0.2, 0) is 28.6 Å². The topological polar surface area (TPSA) is 78.9 Å². The van der Waals surface area contributed by atoms with E-state index in [1.54, 1.807) is 0 Å². The molecular weight excluding hydrogens is 709 g/mol. The predicted molar refractivity (Wildman–Crippen MR) is 243 cm³/mol. The fourth-order valence-electron chi connectivity index (χ4n) is 7.44. The van der Waals surface area contributed by atoms with Gasteiger partial charge in [-0.15, -0.1) is 0 Å². The fraction of sp³-hybridized carbons (Fsp3) is 0.902. The van der Waals surface area contributed by atoms with E-state index < -0.39 is 6.10 Å². The zero-order valence-electron chi connectivity index (χ0n) is 38.4. The second kappa shape index (κ2) is 46.8. The van der Waals surface area contributed by atoms with Crippen molar-refractivity contribution in [3.05, 3.63) is 12.2 Å². The molecule has 57 heavy (non-hydrogen) atoms. The molecule has 0 aromatic carbocycles. The van der Waals surface area contributed by atoms with Crippen molar-refractivity contribution in [2.75, 3.05) is 13.2 Å². The van der Waals surface area contributed by atoms with Gasteiger partial charge < -0.3 is 14.2 Å². The Labute approximate surface area is 354 Å². The fourth-order valence-corrected chi connectivity index (χ4v) is 7.44. The Kier molecular flexibility index (Phi) is 45.3. The molecule has 0 saturated heterocycles. The first kappa shape index (κ1) is 55.2. The molecule has 0 N–H and O–H groups in total. The van der Waals surface area contributed by atoms with Crippen molar-refractivity contribution in [1.82, 2.24) is 0 Å². The van der Waals surface area contributed by atoms with Gasteiger partial charge in [-0.2, -0.15) is 0 Å². The summed E-state index contributed by atoms with van der Waals surface area (Å²) in [5, 5.41) is 0. The monoisotopic (exact) mass is 805 g/mol. The molecule has 0 aromatic rings. The van der Waals surface area contributed by atoms with Crippen LogP contribution in [0.2, 0.25) is 0 Å². The van der Waals surface area contributed by atoms with Gasteiger partial charge in [0.1, 0.15) is 13.2 Å². The molecule has 0 aliphatic carbocycles. The van der Waals surface area contributed by atoms with Crippen LogP contribution in [0.25, 0.3) is 0 Å². The molecule has 0 radical (unpaired) electrons. The molecule has 0 aromatic heterocycles. The molecule has 0 fully saturated rings. The van der Waals surface area contributed by atoms with Gasteiger partial charge in [0.2, 0.25) is 0 Å². The number of unbranched alkanes of at least 4 members (excludes halogenated alkanes) is 33. The highest BCUT2D eigenvalue weighted by Gasteiger charge is 2.19. The molecule has 1 atom stereocenters. The summed E-state index contributed by atoms with van der Waals surface area (Å²) in [5.41, 5.74) is 0. The van der Waals surface area contributed by atoms with Crippen LogP contribution in [0.15, 0.2) is 12.2 Å². The SMILES string of the molecule is CCCCCCCCC=CCCCCCCCC(=O)OC(COC(=O)CCCCCCCCCCCCC)COC(=O)CCCCCCCCCCCCCCC. The largest absolute Gasteiger partial charge is 0.462 e. The number of carbonyl (C=O) groups excluding carboxylic acids is 3. The molecule has 6 nitrogen and oxygen atoms in total. The second-order valence-corrected chi connectivity index (χ2v) is 17.1. The first-order chi connectivity index (χ1) is 28.0. The third kappa shape index (κ3) is 45.1. The van der Waals surface area contributed by atoms with Gasteiger partial charge in [0, 0.05) is 19.3 Å². The van der Waals surface area contributed by atoms with Gasteiger partial charge in [0.05, 0.1) is 0 Å². The Bertz CT molecular complexity index is 885. The van der Waals surface area contributed by atoms with E-state index in [1.807, 2.05) is 0 Å². The standard InChI is InChI=1S/C51H96O6/c1-4-7-10-13-16-19-22-24-25-27-30-33-36-39-42-45-51(54)57-48(46-55-49(52)43-40-37-34-31-28-21-18-15-12-9-6-3)47-56-50(53)44-41-38-35-32-29-26-23-20-17-14-11-8-5-2/h24-25,48H,4-23,26-47H2,1-3H3. The Morgan fingerprint density at radius 1 is 0.333 bits per heavy atom. The van der Waals surface area contributed by atoms with Gasteiger partial charge in [-0.3, -0.25) is 14.4 Å². The quantitative estimate of drug-likeness (QED) is 0.0264. The second-order valence-electron chi connectivity index (χ2n) is 17.1. The van der Waals surface area contributed by atoms with Crippen molar-refractivity contribution in [3.63, 3.8) is 0 Å². The third-order valence-electron chi connectivity index (χ3n) is 11.3. The summed E-state index contributed by atoms with van der Waals surface area (Å²) < 4.78 is 16.8. The Hall–Kier alpha value is -1.85. The lowest BCUT2D eigenvalue weighted by Crippen LogP contribution is -2.30. The lowest BCUT2D eigenvalue weighted by atomic mass is 10.0. The highest BCUT2D eigenvalue weighted by atomic mass is 16.6. The van der Waals surface area contributed by atoms with Crippen LogP contribution in [0.1, 0.15) is 278 Å². The molecule has 0 spiro atoms. The minimum absolute atomic E-state index is 0.0683. The van der Waals surface area contributed by atoms with Crippen LogP contribution in [0.5, 0.6) is 0 Å². The molecule has 336 valence electrons. The number of rotatable bonds is 46. The van der Waals surface area contributed by atoms with Crippen LogP contribution in [0, 0.1) is 0 Å². The van der Waals surface area contributed by atoms with Crippen molar-refractivity contribution in [1.29, 1.82) is 0 Å². The zero-order chi connectivity index (χ0) is 41.5. The summed E-state index contributed by atoms with van der Waals surface area (Å²) >= 11 is 0. The lowest BCUT2D eigenvalue weighted by Gasteiger charge is -2.18. The molecule has 0 rings (SSSR count). The molecule has 0 aliphatic rings. The number of hydrogen-bond acceptors (Lipinski definition) is 6. The molecule has 0 amide bonds. The average Bonchev–Trinajstić information content (AvgIpc) is 3.21. The molecule has 0 aliphatic heterocycles. The van der Waals surface area contributed by atoms with Gasteiger partial charge in [-0.05, 0) is 44.9 Å². The Morgan fingerprint density at radius 2 is 0.579 bits per heavy atom. The summed E-state index contributed by atoms with van der Waals surface area (Å²) in [6, 6.07) is 0. The number of hydrogen-bond donors (Lipinski definition) is 0. The van der Waals surface area contributed by atoms with Crippen molar-refractivity contribution in [2.45, 2.75) is 284 Å². The van der Waals surface area contributed by atoms with Gasteiger partial charge >= 0.3 is 17.9 Å². The average molecular weight is 805 g/mol. The minimum Gasteiger partial charge on any atom is -0.462 e. The van der Waals surface area contributed by atoms with Crippen molar-refractivity contribution in [3.8, 4) is 0 Å². The number of allylic oxidation sites excluding steroid dienone is 2. The maximum atomic E-state index is 12.8. The van der Waals surface area contributed by atoms with Gasteiger partial charge in [0.15, 0.2) is 6.10 Å². The van der Waals surface area contributed by atoms with E-state index >= 15 is 0 Å². The van der Waals surface area contributed by atoms with Crippen molar-refractivity contribution < 1.29 is 28.6 Å². The highest BCUT2D eigenvalue weighted by Crippen LogP contribution is 2.16. The first-order valence-corrected chi connectivity index (χ1v) is 25.2. The minimum atomic E-state index is -0.766. The lowest BCUT2D eigenvalue weighted by molar-refractivity contribution is -0.167. The summed E-state index contributed by atoms with van der Waals surface area (Å²) in [5.74, 6) is -0.863. The van der Waals surface area contributed by atoms with E-state index in [2.05, 4.69) is 32.9 Å². The number of carbonyl (C=O) groups is 3. The summed E-state index contributed by atoms with van der Waals surface area (Å²) in [4.78, 5) is 37.8. The van der Waals surface area contributed by atoms with E-state index in [0.29, 0.717) is 19.3 Å². The van der Waals surface area contributed by atoms with Crippen LogP contribution < -0.4 is 0 Å². The molecular formula is C51H96O6. The Morgan fingerprint density at radius 3 is 0.877 bits per heavy atom. The summed E-state index contributed by atoms with van der Waals surface area (Å²) in [6.07, 6.45) is 50.4. The van der Waals surface area contributed by atoms with Crippen LogP contribution in [-0.4, -0.2) is 37.2 Å². The summed E-state index contributed by atoms with van der Waals surface area (Å²) in [7, 11) is 0. The van der Waals surface area contributed by atoms with E-state index in [0.717, 1.165) is 64.2 Å². The molecule has 0 bridgehead atoms. The van der Waals surface area contributed by atoms with E-state index in [-0.39, 0.29) is 31.1 Å². The Balaban J connectivity index is 4.34. The van der Waals surface area contributed by atoms with E-state index in [9.17, 15) is 14.4 Å². The maximum Gasteiger partial charge on any atom is 0.306 e.